The Kier molecular flexibility index (Phi) is 8.34. The highest BCUT2D eigenvalue weighted by Gasteiger charge is 2.46. The second-order valence-corrected chi connectivity index (χ2v) is 17.9. The zero-order valence-electron chi connectivity index (χ0n) is 34.9. The summed E-state index contributed by atoms with van der Waals surface area (Å²) in [6, 6.07) is 89.6. The summed E-state index contributed by atoms with van der Waals surface area (Å²) >= 11 is 1.86. The van der Waals surface area contributed by atoms with Crippen LogP contribution in [0.3, 0.4) is 0 Å². The Hall–Kier alpha value is -7.98. The van der Waals surface area contributed by atoms with Gasteiger partial charge in [0.15, 0.2) is 0 Å². The van der Waals surface area contributed by atoms with Gasteiger partial charge in [-0.05, 0) is 117 Å². The molecular weight excluding hydrogens is 793 g/mol. The number of hydrogen-bond acceptors (Lipinski definition) is 2. The molecule has 0 unspecified atom stereocenters. The van der Waals surface area contributed by atoms with E-state index in [1.54, 1.807) is 0 Å². The quantitative estimate of drug-likeness (QED) is 0.155. The number of anilines is 3. The first-order valence-corrected chi connectivity index (χ1v) is 22.8. The highest BCUT2D eigenvalue weighted by atomic mass is 32.1. The van der Waals surface area contributed by atoms with Gasteiger partial charge in [-0.2, -0.15) is 0 Å². The van der Waals surface area contributed by atoms with Gasteiger partial charge in [0.1, 0.15) is 0 Å². The molecule has 2 nitrogen and oxygen atoms in total. The monoisotopic (exact) mass is 832 g/mol. The molecule has 1 aliphatic rings. The Morgan fingerprint density at radius 2 is 0.906 bits per heavy atom. The Morgan fingerprint density at radius 3 is 1.66 bits per heavy atom. The largest absolute Gasteiger partial charge is 0.310 e. The number of aromatic nitrogens is 1. The van der Waals surface area contributed by atoms with E-state index in [1.165, 1.54) is 86.5 Å². The normalized spacial score (nSPS) is 12.8. The predicted molar refractivity (Wildman–Crippen MR) is 271 cm³/mol. The van der Waals surface area contributed by atoms with Crippen molar-refractivity contribution in [3.05, 3.63) is 265 Å². The van der Waals surface area contributed by atoms with Crippen molar-refractivity contribution in [1.29, 1.82) is 0 Å². The van der Waals surface area contributed by atoms with Crippen molar-refractivity contribution < 1.29 is 0 Å². The lowest BCUT2D eigenvalue weighted by Gasteiger charge is -2.34. The second-order valence-electron chi connectivity index (χ2n) is 16.8. The summed E-state index contributed by atoms with van der Waals surface area (Å²) in [4.78, 5) is 2.45. The summed E-state index contributed by atoms with van der Waals surface area (Å²) in [5.74, 6) is 0. The van der Waals surface area contributed by atoms with E-state index in [0.717, 1.165) is 22.7 Å². The first-order chi connectivity index (χ1) is 31.7. The van der Waals surface area contributed by atoms with Crippen LogP contribution >= 0.6 is 11.3 Å². The van der Waals surface area contributed by atoms with Gasteiger partial charge in [0.05, 0.1) is 16.4 Å². The zero-order chi connectivity index (χ0) is 42.2. The molecule has 300 valence electrons. The summed E-state index contributed by atoms with van der Waals surface area (Å²) in [5.41, 5.74) is 16.3. The van der Waals surface area contributed by atoms with Gasteiger partial charge in [-0.1, -0.05) is 170 Å². The number of rotatable bonds is 7. The maximum Gasteiger partial charge on any atom is 0.0713 e. The van der Waals surface area contributed by atoms with Gasteiger partial charge >= 0.3 is 0 Å². The summed E-state index contributed by atoms with van der Waals surface area (Å²) in [6.07, 6.45) is 0. The fourth-order valence-electron chi connectivity index (χ4n) is 10.7. The van der Waals surface area contributed by atoms with Crippen LogP contribution in [0.15, 0.2) is 243 Å². The van der Waals surface area contributed by atoms with Crippen LogP contribution in [-0.4, -0.2) is 4.57 Å². The van der Waals surface area contributed by atoms with Crippen molar-refractivity contribution in [3.63, 3.8) is 0 Å². The van der Waals surface area contributed by atoms with Crippen LogP contribution in [0.5, 0.6) is 0 Å². The molecule has 12 aromatic rings. The van der Waals surface area contributed by atoms with Crippen LogP contribution in [0.25, 0.3) is 69.9 Å². The molecule has 0 atom stereocenters. The maximum absolute atomic E-state index is 2.45. The molecule has 0 fully saturated rings. The summed E-state index contributed by atoms with van der Waals surface area (Å²) in [6.45, 7) is 0. The third-order valence-electron chi connectivity index (χ3n) is 13.4. The number of fused-ring (bicyclic) bond motifs is 9. The average Bonchev–Trinajstić information content (AvgIpc) is 4.01. The molecule has 0 N–H and O–H groups in total. The third kappa shape index (κ3) is 5.51. The molecule has 0 saturated carbocycles. The molecule has 0 amide bonds. The van der Waals surface area contributed by atoms with Crippen LogP contribution in [-0.2, 0) is 5.41 Å². The molecule has 10 aromatic carbocycles. The predicted octanol–water partition coefficient (Wildman–Crippen LogP) is 16.7. The molecule has 0 aliphatic heterocycles. The molecule has 0 bridgehead atoms. The fourth-order valence-corrected chi connectivity index (χ4v) is 11.8. The lowest BCUT2D eigenvalue weighted by molar-refractivity contribution is 0.768. The Morgan fingerprint density at radius 1 is 0.344 bits per heavy atom. The number of nitrogens with zero attached hydrogens (tertiary/aromatic N) is 2. The van der Waals surface area contributed by atoms with E-state index in [2.05, 4.69) is 252 Å². The molecule has 1 aliphatic carbocycles. The number of thiophene rings is 1. The fraction of sp³-hybridized carbons (Fsp3) is 0.0164. The van der Waals surface area contributed by atoms with Crippen LogP contribution in [0.4, 0.5) is 17.1 Å². The first kappa shape index (κ1) is 36.7. The summed E-state index contributed by atoms with van der Waals surface area (Å²) < 4.78 is 5.04. The number of para-hydroxylation sites is 2. The minimum Gasteiger partial charge on any atom is -0.310 e. The number of hydrogen-bond donors (Lipinski definition) is 0. The lowest BCUT2D eigenvalue weighted by Crippen LogP contribution is -2.28. The highest BCUT2D eigenvalue weighted by molar-refractivity contribution is 7.25. The third-order valence-corrected chi connectivity index (χ3v) is 14.6. The molecule has 0 radical (unpaired) electrons. The van der Waals surface area contributed by atoms with Crippen LogP contribution < -0.4 is 4.90 Å². The molecule has 2 heterocycles. The van der Waals surface area contributed by atoms with Gasteiger partial charge in [-0.25, -0.2) is 0 Å². The van der Waals surface area contributed by atoms with E-state index >= 15 is 0 Å². The Bertz CT molecular complexity index is 3650. The minimum atomic E-state index is -0.474. The maximum atomic E-state index is 2.45. The minimum absolute atomic E-state index is 0.474. The van der Waals surface area contributed by atoms with Crippen molar-refractivity contribution in [2.24, 2.45) is 0 Å². The first-order valence-electron chi connectivity index (χ1n) is 22.0. The van der Waals surface area contributed by atoms with Crippen molar-refractivity contribution >= 4 is 70.4 Å². The van der Waals surface area contributed by atoms with Crippen molar-refractivity contribution in [1.82, 2.24) is 4.57 Å². The highest BCUT2D eigenvalue weighted by Crippen LogP contribution is 2.57. The van der Waals surface area contributed by atoms with Gasteiger partial charge in [-0.3, -0.25) is 0 Å². The molecule has 13 rings (SSSR count). The SMILES string of the molecule is c1ccc(C2(c3ccccc3)c3ccccc3-c3cc(N(c4cccc(-c5ccc6sc7ccccc7c6c5)c4)c4cccc(-n5c6ccccc6c6ccccc65)c4)ccc32)cc1. The molecule has 0 spiro atoms. The molecule has 64 heavy (non-hydrogen) atoms. The smallest absolute Gasteiger partial charge is 0.0713 e. The summed E-state index contributed by atoms with van der Waals surface area (Å²) in [7, 11) is 0. The van der Waals surface area contributed by atoms with E-state index in [9.17, 15) is 0 Å². The Balaban J connectivity index is 1.04. The van der Waals surface area contributed by atoms with Crippen molar-refractivity contribution in [2.45, 2.75) is 5.41 Å². The van der Waals surface area contributed by atoms with E-state index in [4.69, 9.17) is 0 Å². The van der Waals surface area contributed by atoms with Crippen LogP contribution in [0.1, 0.15) is 22.3 Å². The average molecular weight is 833 g/mol. The topological polar surface area (TPSA) is 8.17 Å². The van der Waals surface area contributed by atoms with Gasteiger partial charge < -0.3 is 9.47 Å². The molecular formula is C61H40N2S. The van der Waals surface area contributed by atoms with Crippen LogP contribution in [0, 0.1) is 0 Å². The van der Waals surface area contributed by atoms with E-state index in [0.29, 0.717) is 0 Å². The van der Waals surface area contributed by atoms with Gasteiger partial charge in [0, 0.05) is 53.7 Å². The van der Waals surface area contributed by atoms with E-state index in [1.807, 2.05) is 11.3 Å². The Labute approximate surface area is 376 Å². The van der Waals surface area contributed by atoms with Gasteiger partial charge in [0.2, 0.25) is 0 Å². The summed E-state index contributed by atoms with van der Waals surface area (Å²) in [5, 5.41) is 5.11. The van der Waals surface area contributed by atoms with Gasteiger partial charge in [-0.15, -0.1) is 11.3 Å². The molecule has 3 heteroatoms. The zero-order valence-corrected chi connectivity index (χ0v) is 35.7. The molecule has 0 saturated heterocycles. The van der Waals surface area contributed by atoms with Crippen molar-refractivity contribution in [2.75, 3.05) is 4.90 Å². The second kappa shape index (κ2) is 14.6. The van der Waals surface area contributed by atoms with Crippen molar-refractivity contribution in [3.8, 4) is 27.9 Å². The van der Waals surface area contributed by atoms with E-state index < -0.39 is 5.41 Å². The van der Waals surface area contributed by atoms with Crippen LogP contribution in [0.2, 0.25) is 0 Å². The lowest BCUT2D eigenvalue weighted by atomic mass is 9.68. The van der Waals surface area contributed by atoms with E-state index in [-0.39, 0.29) is 0 Å². The van der Waals surface area contributed by atoms with Gasteiger partial charge in [0.25, 0.3) is 0 Å². The standard InChI is InChI=1S/C61H40N2S/c1-3-18-43(19-4-1)61(44-20-5-2-6-21-44)55-29-11-7-25-49(55)53-40-48(34-35-56(53)61)62(45-22-15-17-41(37-45)42-33-36-60-54(38-42)52-28-10-14-32-59(52)64-60)46-23-16-24-47(39-46)63-57-30-12-8-26-50(57)51-27-9-13-31-58(51)63/h1-40H. The molecule has 2 aromatic heterocycles. The number of benzene rings is 10.